The van der Waals surface area contributed by atoms with Gasteiger partial charge in [0.15, 0.2) is 0 Å². The smallest absolute Gasteiger partial charge is 0.268 e. The summed E-state index contributed by atoms with van der Waals surface area (Å²) in [6, 6.07) is 0. The van der Waals surface area contributed by atoms with Crippen LogP contribution in [0, 0.1) is 0 Å². The molecule has 0 aliphatic rings. The Morgan fingerprint density at radius 1 is 1.33 bits per heavy atom. The second-order valence-electron chi connectivity index (χ2n) is 3.81. The minimum atomic E-state index is -4.12. The number of rotatable bonds is 3. The molecule has 1 unspecified atom stereocenters. The highest BCUT2D eigenvalue weighted by Gasteiger charge is 2.20. The van der Waals surface area contributed by atoms with Crippen LogP contribution in [0.15, 0.2) is 0 Å². The third-order valence-corrected chi connectivity index (χ3v) is 2.18. The topological polar surface area (TPSA) is 58.6 Å². The van der Waals surface area contributed by atoms with Crippen molar-refractivity contribution in [3.63, 3.8) is 0 Å². The fourth-order valence-electron chi connectivity index (χ4n) is 0.615. The molecule has 0 saturated heterocycles. The van der Waals surface area contributed by atoms with E-state index in [0.717, 1.165) is 0 Å². The van der Waals surface area contributed by atoms with Crippen molar-refractivity contribution < 1.29 is 18.5 Å². The van der Waals surface area contributed by atoms with E-state index >= 15 is 0 Å². The lowest BCUT2D eigenvalue weighted by Gasteiger charge is -2.31. The van der Waals surface area contributed by atoms with Crippen LogP contribution >= 0.6 is 7.82 Å². The summed E-state index contributed by atoms with van der Waals surface area (Å²) in [5.41, 5.74) is -0.730. The van der Waals surface area contributed by atoms with E-state index in [1.807, 2.05) is 0 Å². The molecule has 0 bridgehead atoms. The fourth-order valence-corrected chi connectivity index (χ4v) is 1.85. The van der Waals surface area contributed by atoms with Crippen LogP contribution in [0.3, 0.4) is 0 Å². The third kappa shape index (κ3) is 6.80. The van der Waals surface area contributed by atoms with Crippen LogP contribution in [0.4, 0.5) is 0 Å². The second-order valence-corrected chi connectivity index (χ2v) is 5.09. The fraction of sp³-hybridized carbons (Fsp3) is 1.00. The van der Waals surface area contributed by atoms with Crippen molar-refractivity contribution in [1.82, 2.24) is 0 Å². The first-order valence-corrected chi connectivity index (χ1v) is 5.29. The normalized spacial score (nSPS) is 17.9. The van der Waals surface area contributed by atoms with Crippen molar-refractivity contribution in [3.8, 4) is 0 Å². The molecule has 0 aromatic heterocycles. The molecular formula is C7H16O4P-. The van der Waals surface area contributed by atoms with Gasteiger partial charge in [0.05, 0.1) is 11.7 Å². The van der Waals surface area contributed by atoms with Crippen molar-refractivity contribution in [2.75, 3.05) is 0 Å². The zero-order chi connectivity index (χ0) is 9.99. The highest BCUT2D eigenvalue weighted by Crippen LogP contribution is 2.43. The van der Waals surface area contributed by atoms with Crippen LogP contribution in [-0.4, -0.2) is 11.7 Å². The monoisotopic (exact) mass is 195 g/mol. The van der Waals surface area contributed by atoms with Gasteiger partial charge < -0.3 is 13.9 Å². The van der Waals surface area contributed by atoms with E-state index in [1.54, 1.807) is 34.6 Å². The van der Waals surface area contributed by atoms with Crippen LogP contribution in [0.5, 0.6) is 0 Å². The van der Waals surface area contributed by atoms with E-state index in [-0.39, 0.29) is 6.10 Å². The summed E-state index contributed by atoms with van der Waals surface area (Å²) in [4.78, 5) is 11.0. The number of phosphoric ester groups is 1. The molecule has 0 aliphatic heterocycles. The lowest BCUT2D eigenvalue weighted by Crippen LogP contribution is -2.23. The molecule has 1 atom stereocenters. The van der Waals surface area contributed by atoms with E-state index in [2.05, 4.69) is 4.52 Å². The summed E-state index contributed by atoms with van der Waals surface area (Å²) in [7, 11) is -4.12. The maximum atomic E-state index is 11.0. The first-order valence-electron chi connectivity index (χ1n) is 3.82. The summed E-state index contributed by atoms with van der Waals surface area (Å²) in [5.74, 6) is 0. The van der Waals surface area contributed by atoms with Crippen LogP contribution in [0.25, 0.3) is 0 Å². The summed E-state index contributed by atoms with van der Waals surface area (Å²) >= 11 is 0. The van der Waals surface area contributed by atoms with Crippen LogP contribution in [-0.2, 0) is 13.6 Å². The quantitative estimate of drug-likeness (QED) is 0.643. The maximum absolute atomic E-state index is 11.0. The Kier molecular flexibility index (Phi) is 3.91. The molecule has 4 nitrogen and oxygen atoms in total. The second kappa shape index (κ2) is 3.88. The van der Waals surface area contributed by atoms with Crippen molar-refractivity contribution in [1.29, 1.82) is 0 Å². The molecule has 5 heteroatoms. The molecule has 12 heavy (non-hydrogen) atoms. The number of hydrogen-bond acceptors (Lipinski definition) is 4. The van der Waals surface area contributed by atoms with Gasteiger partial charge in [0.1, 0.15) is 0 Å². The Morgan fingerprint density at radius 3 is 2.00 bits per heavy atom. The molecule has 0 saturated carbocycles. The Labute approximate surface area is 73.5 Å². The number of hydrogen-bond donors (Lipinski definition) is 0. The van der Waals surface area contributed by atoms with E-state index in [9.17, 15) is 9.46 Å². The summed E-state index contributed by atoms with van der Waals surface area (Å²) in [6.07, 6.45) is -0.379. The standard InChI is InChI=1S/C7H17O4P/c1-6(2)10-12(8,9)11-7(3,4)5/h6H,1-5H3,(H,8,9)/p-1. The zero-order valence-corrected chi connectivity index (χ0v) is 9.05. The van der Waals surface area contributed by atoms with Gasteiger partial charge >= 0.3 is 0 Å². The van der Waals surface area contributed by atoms with Crippen LogP contribution < -0.4 is 4.89 Å². The van der Waals surface area contributed by atoms with Gasteiger partial charge in [-0.3, -0.25) is 4.57 Å². The van der Waals surface area contributed by atoms with Gasteiger partial charge in [-0.05, 0) is 34.6 Å². The Hall–Kier alpha value is 0.110. The number of phosphoric acid groups is 1. The minimum Gasteiger partial charge on any atom is -0.756 e. The molecule has 0 fully saturated rings. The predicted molar refractivity (Wildman–Crippen MR) is 44.7 cm³/mol. The summed E-state index contributed by atoms with van der Waals surface area (Å²) in [5, 5.41) is 0. The first kappa shape index (κ1) is 12.1. The van der Waals surface area contributed by atoms with E-state index in [4.69, 9.17) is 4.52 Å². The molecule has 0 radical (unpaired) electrons. The lowest BCUT2D eigenvalue weighted by atomic mass is 10.2. The van der Waals surface area contributed by atoms with Crippen LogP contribution in [0.1, 0.15) is 34.6 Å². The van der Waals surface area contributed by atoms with Gasteiger partial charge in [-0.2, -0.15) is 0 Å². The average molecular weight is 195 g/mol. The average Bonchev–Trinajstić information content (AvgIpc) is 1.48. The molecule has 0 amide bonds. The van der Waals surface area contributed by atoms with Crippen molar-refractivity contribution in [2.24, 2.45) is 0 Å². The molecule has 0 spiro atoms. The minimum absolute atomic E-state index is 0.379. The Balaban J connectivity index is 4.15. The molecule has 0 aliphatic carbocycles. The van der Waals surface area contributed by atoms with E-state index < -0.39 is 13.4 Å². The molecule has 0 heterocycles. The zero-order valence-electron chi connectivity index (χ0n) is 8.16. The maximum Gasteiger partial charge on any atom is 0.268 e. The lowest BCUT2D eigenvalue weighted by molar-refractivity contribution is -0.236. The Bertz CT molecular complexity index is 182. The Morgan fingerprint density at radius 2 is 1.75 bits per heavy atom. The largest absolute Gasteiger partial charge is 0.756 e. The van der Waals surface area contributed by atoms with Gasteiger partial charge in [0, 0.05) is 0 Å². The molecule has 0 N–H and O–H groups in total. The van der Waals surface area contributed by atoms with Crippen LogP contribution in [0.2, 0.25) is 0 Å². The van der Waals surface area contributed by atoms with Crippen molar-refractivity contribution in [3.05, 3.63) is 0 Å². The SMILES string of the molecule is CC(C)OP(=O)([O-])OC(C)(C)C. The summed E-state index contributed by atoms with van der Waals surface area (Å²) in [6.45, 7) is 8.23. The van der Waals surface area contributed by atoms with Gasteiger partial charge in [-0.1, -0.05) is 0 Å². The van der Waals surface area contributed by atoms with Gasteiger partial charge in [-0.25, -0.2) is 0 Å². The molecule has 0 aromatic carbocycles. The van der Waals surface area contributed by atoms with E-state index in [0.29, 0.717) is 0 Å². The summed E-state index contributed by atoms with van der Waals surface area (Å²) < 4.78 is 20.3. The van der Waals surface area contributed by atoms with Crippen molar-refractivity contribution in [2.45, 2.75) is 46.3 Å². The molecule has 0 rings (SSSR count). The van der Waals surface area contributed by atoms with E-state index in [1.165, 1.54) is 0 Å². The van der Waals surface area contributed by atoms with Gasteiger partial charge in [0.25, 0.3) is 7.82 Å². The highest BCUT2D eigenvalue weighted by atomic mass is 31.2. The molecule has 74 valence electrons. The van der Waals surface area contributed by atoms with Gasteiger partial charge in [-0.15, -0.1) is 0 Å². The molecular weight excluding hydrogens is 179 g/mol. The first-order chi connectivity index (χ1) is 5.12. The van der Waals surface area contributed by atoms with Gasteiger partial charge in [0.2, 0.25) is 0 Å². The highest BCUT2D eigenvalue weighted by molar-refractivity contribution is 7.45. The predicted octanol–water partition coefficient (Wildman–Crippen LogP) is 1.69. The third-order valence-electron chi connectivity index (χ3n) is 0.726. The van der Waals surface area contributed by atoms with Crippen molar-refractivity contribution >= 4 is 7.82 Å². The molecule has 0 aromatic rings.